The van der Waals surface area contributed by atoms with Crippen LogP contribution in [0.4, 0.5) is 5.69 Å². The van der Waals surface area contributed by atoms with Gasteiger partial charge in [0.05, 0.1) is 32.6 Å². The van der Waals surface area contributed by atoms with E-state index >= 15 is 0 Å². The van der Waals surface area contributed by atoms with E-state index in [0.29, 0.717) is 0 Å². The molecule has 1 aliphatic heterocycles. The predicted octanol–water partition coefficient (Wildman–Crippen LogP) is 3.76. The fourth-order valence-electron chi connectivity index (χ4n) is 4.61. The lowest BCUT2D eigenvalue weighted by Crippen LogP contribution is -2.49. The Morgan fingerprint density at radius 1 is 0.914 bits per heavy atom. The van der Waals surface area contributed by atoms with E-state index in [1.54, 1.807) is 21.3 Å². The van der Waals surface area contributed by atoms with Crippen molar-refractivity contribution >= 4 is 5.69 Å². The minimum atomic E-state index is -0.234. The third-order valence-corrected chi connectivity index (χ3v) is 7.01. The van der Waals surface area contributed by atoms with Crippen LogP contribution in [0.1, 0.15) is 44.6 Å². The number of tetrazole rings is 1. The molecule has 0 radical (unpaired) electrons. The van der Waals surface area contributed by atoms with Crippen LogP contribution in [-0.4, -0.2) is 72.6 Å². The van der Waals surface area contributed by atoms with Crippen molar-refractivity contribution in [1.29, 1.82) is 0 Å². The Hall–Kier alpha value is -3.33. The quantitative estimate of drug-likeness (QED) is 0.458. The first-order valence-electron chi connectivity index (χ1n) is 12.1. The van der Waals surface area contributed by atoms with Gasteiger partial charge in [-0.05, 0) is 61.0 Å². The molecule has 0 aliphatic carbocycles. The summed E-state index contributed by atoms with van der Waals surface area (Å²) in [6, 6.07) is 13.9. The van der Waals surface area contributed by atoms with Gasteiger partial charge >= 0.3 is 0 Å². The minimum absolute atomic E-state index is 0.194. The molecular formula is C26H36N6O3. The number of aromatic nitrogens is 4. The maximum atomic E-state index is 5.80. The predicted molar refractivity (Wildman–Crippen MR) is 136 cm³/mol. The SMILES string of the molecule is CCC(C)(C)n1nnnc1[C@@H](c1cc(OC)ccc1OC)N1CCN(c2ccccc2OC)CC1. The van der Waals surface area contributed by atoms with Gasteiger partial charge in [-0.25, -0.2) is 4.68 Å². The monoisotopic (exact) mass is 480 g/mol. The van der Waals surface area contributed by atoms with Gasteiger partial charge in [-0.2, -0.15) is 0 Å². The van der Waals surface area contributed by atoms with Crippen LogP contribution in [0.5, 0.6) is 17.2 Å². The second-order valence-corrected chi connectivity index (χ2v) is 9.32. The molecule has 0 amide bonds. The van der Waals surface area contributed by atoms with Crippen molar-refractivity contribution in [2.75, 3.05) is 52.4 Å². The normalized spacial score (nSPS) is 15.7. The van der Waals surface area contributed by atoms with Gasteiger partial charge < -0.3 is 19.1 Å². The first-order valence-corrected chi connectivity index (χ1v) is 12.1. The van der Waals surface area contributed by atoms with Crippen molar-refractivity contribution in [1.82, 2.24) is 25.1 Å². The summed E-state index contributed by atoms with van der Waals surface area (Å²) >= 11 is 0. The van der Waals surface area contributed by atoms with Crippen LogP contribution in [0.2, 0.25) is 0 Å². The Kier molecular flexibility index (Phi) is 7.45. The van der Waals surface area contributed by atoms with E-state index in [1.807, 2.05) is 35.0 Å². The van der Waals surface area contributed by atoms with Crippen molar-refractivity contribution in [2.24, 2.45) is 0 Å². The first kappa shape index (κ1) is 24.8. The van der Waals surface area contributed by atoms with E-state index in [2.05, 4.69) is 58.2 Å². The number of para-hydroxylation sites is 2. The molecule has 0 spiro atoms. The highest BCUT2D eigenvalue weighted by molar-refractivity contribution is 5.58. The average molecular weight is 481 g/mol. The Bertz CT molecular complexity index is 1120. The smallest absolute Gasteiger partial charge is 0.173 e. The topological polar surface area (TPSA) is 77.8 Å². The average Bonchev–Trinajstić information content (AvgIpc) is 3.39. The van der Waals surface area contributed by atoms with Crippen LogP contribution in [0.25, 0.3) is 0 Å². The van der Waals surface area contributed by atoms with Crippen molar-refractivity contribution in [3.05, 3.63) is 53.9 Å². The number of piperazine rings is 1. The summed E-state index contributed by atoms with van der Waals surface area (Å²) in [6.07, 6.45) is 0.897. The molecule has 2 heterocycles. The van der Waals surface area contributed by atoms with Crippen LogP contribution in [0.15, 0.2) is 42.5 Å². The van der Waals surface area contributed by atoms with E-state index in [4.69, 9.17) is 14.2 Å². The second kappa shape index (κ2) is 10.5. The zero-order valence-electron chi connectivity index (χ0n) is 21.6. The summed E-state index contributed by atoms with van der Waals surface area (Å²) in [6.45, 7) is 9.81. The number of anilines is 1. The maximum absolute atomic E-state index is 5.80. The molecule has 9 nitrogen and oxygen atoms in total. The highest BCUT2D eigenvalue weighted by Crippen LogP contribution is 2.39. The number of methoxy groups -OCH3 is 3. The standard InChI is InChI=1S/C26H36N6O3/c1-7-26(2,3)32-25(27-28-29-32)24(20-18-19(33-4)12-13-22(20)34-5)31-16-14-30(15-17-31)21-10-8-9-11-23(21)35-6/h8-13,18,24H,7,14-17H2,1-6H3/t24-/m1/s1. The fraction of sp³-hybridized carbons (Fsp3) is 0.500. The molecular weight excluding hydrogens is 444 g/mol. The van der Waals surface area contributed by atoms with Crippen LogP contribution in [-0.2, 0) is 5.54 Å². The molecule has 35 heavy (non-hydrogen) atoms. The Morgan fingerprint density at radius 3 is 2.29 bits per heavy atom. The summed E-state index contributed by atoms with van der Waals surface area (Å²) in [5, 5.41) is 13.1. The lowest BCUT2D eigenvalue weighted by atomic mass is 9.98. The van der Waals surface area contributed by atoms with Gasteiger partial charge in [0.15, 0.2) is 5.82 Å². The molecule has 0 N–H and O–H groups in total. The van der Waals surface area contributed by atoms with Crippen LogP contribution >= 0.6 is 0 Å². The molecule has 4 rings (SSSR count). The van der Waals surface area contributed by atoms with Crippen molar-refractivity contribution in [3.63, 3.8) is 0 Å². The van der Waals surface area contributed by atoms with Crippen molar-refractivity contribution in [2.45, 2.75) is 38.8 Å². The van der Waals surface area contributed by atoms with Crippen molar-refractivity contribution in [3.8, 4) is 17.2 Å². The number of hydrogen-bond donors (Lipinski definition) is 0. The van der Waals surface area contributed by atoms with Crippen molar-refractivity contribution < 1.29 is 14.2 Å². The molecule has 1 fully saturated rings. The number of nitrogens with zero attached hydrogens (tertiary/aromatic N) is 6. The van der Waals surface area contributed by atoms with Gasteiger partial charge in [0.2, 0.25) is 0 Å². The third kappa shape index (κ3) is 4.91. The van der Waals surface area contributed by atoms with Crippen LogP contribution < -0.4 is 19.1 Å². The van der Waals surface area contributed by atoms with E-state index in [1.165, 1.54) is 0 Å². The zero-order valence-corrected chi connectivity index (χ0v) is 21.6. The molecule has 3 aromatic rings. The molecule has 0 bridgehead atoms. The highest BCUT2D eigenvalue weighted by Gasteiger charge is 2.36. The van der Waals surface area contributed by atoms with E-state index in [9.17, 15) is 0 Å². The Balaban J connectivity index is 1.73. The molecule has 1 aromatic heterocycles. The molecule has 1 aliphatic rings. The summed E-state index contributed by atoms with van der Waals surface area (Å²) in [5.41, 5.74) is 1.87. The molecule has 1 atom stereocenters. The molecule has 0 saturated carbocycles. The van der Waals surface area contributed by atoms with Crippen LogP contribution in [0.3, 0.4) is 0 Å². The van der Waals surface area contributed by atoms with E-state index < -0.39 is 0 Å². The van der Waals surface area contributed by atoms with Gasteiger partial charge in [-0.1, -0.05) is 19.1 Å². The van der Waals surface area contributed by atoms with Crippen LogP contribution in [0, 0.1) is 0 Å². The second-order valence-electron chi connectivity index (χ2n) is 9.32. The van der Waals surface area contributed by atoms with Gasteiger partial charge in [0, 0.05) is 31.7 Å². The van der Waals surface area contributed by atoms with Gasteiger partial charge in [-0.15, -0.1) is 5.10 Å². The number of ether oxygens (including phenoxy) is 3. The molecule has 2 aromatic carbocycles. The lowest BCUT2D eigenvalue weighted by Gasteiger charge is -2.41. The number of rotatable bonds is 9. The van der Waals surface area contributed by atoms with Gasteiger partial charge in [0.25, 0.3) is 0 Å². The number of hydrogen-bond acceptors (Lipinski definition) is 8. The zero-order chi connectivity index (χ0) is 25.0. The maximum Gasteiger partial charge on any atom is 0.173 e. The Morgan fingerprint density at radius 2 is 1.63 bits per heavy atom. The Labute approximate surface area is 207 Å². The summed E-state index contributed by atoms with van der Waals surface area (Å²) in [4.78, 5) is 4.80. The third-order valence-electron chi connectivity index (χ3n) is 7.01. The molecule has 9 heteroatoms. The van der Waals surface area contributed by atoms with E-state index in [-0.39, 0.29) is 11.6 Å². The minimum Gasteiger partial charge on any atom is -0.497 e. The largest absolute Gasteiger partial charge is 0.497 e. The first-order chi connectivity index (χ1) is 16.9. The lowest BCUT2D eigenvalue weighted by molar-refractivity contribution is 0.184. The summed E-state index contributed by atoms with van der Waals surface area (Å²) in [7, 11) is 5.09. The van der Waals surface area contributed by atoms with E-state index in [0.717, 1.165) is 66.9 Å². The molecule has 188 valence electrons. The molecule has 0 unspecified atom stereocenters. The summed E-state index contributed by atoms with van der Waals surface area (Å²) < 4.78 is 18.9. The van der Waals surface area contributed by atoms with Gasteiger partial charge in [-0.3, -0.25) is 4.90 Å². The number of benzene rings is 2. The summed E-state index contributed by atoms with van der Waals surface area (Å²) in [5.74, 6) is 3.24. The van der Waals surface area contributed by atoms with Gasteiger partial charge in [0.1, 0.15) is 23.3 Å². The highest BCUT2D eigenvalue weighted by atomic mass is 16.5. The fourth-order valence-corrected chi connectivity index (χ4v) is 4.61. The molecule has 1 saturated heterocycles.